The SMILES string of the molecule is COc1cc2c(-c3cnc4[nH]ccc4c3C=NO)cn(C)c2cc1OC. The van der Waals surface area contributed by atoms with Gasteiger partial charge in [-0.2, -0.15) is 0 Å². The first-order chi connectivity index (χ1) is 12.7. The smallest absolute Gasteiger partial charge is 0.162 e. The van der Waals surface area contributed by atoms with Crippen LogP contribution in [0.1, 0.15) is 5.56 Å². The zero-order chi connectivity index (χ0) is 18.3. The van der Waals surface area contributed by atoms with Crippen molar-refractivity contribution in [2.75, 3.05) is 14.2 Å². The van der Waals surface area contributed by atoms with E-state index in [2.05, 4.69) is 15.1 Å². The molecular formula is C19H18N4O3. The highest BCUT2D eigenvalue weighted by Crippen LogP contribution is 2.39. The number of hydrogen-bond acceptors (Lipinski definition) is 5. The van der Waals surface area contributed by atoms with Gasteiger partial charge in [0.05, 0.1) is 26.0 Å². The van der Waals surface area contributed by atoms with Crippen LogP contribution < -0.4 is 9.47 Å². The Kier molecular flexibility index (Phi) is 3.76. The molecule has 3 aromatic heterocycles. The van der Waals surface area contributed by atoms with Gasteiger partial charge < -0.3 is 24.2 Å². The van der Waals surface area contributed by atoms with Gasteiger partial charge in [-0.25, -0.2) is 4.98 Å². The van der Waals surface area contributed by atoms with Crippen LogP contribution in [-0.4, -0.2) is 40.2 Å². The van der Waals surface area contributed by atoms with Gasteiger partial charge >= 0.3 is 0 Å². The van der Waals surface area contributed by atoms with Gasteiger partial charge in [0.25, 0.3) is 0 Å². The summed E-state index contributed by atoms with van der Waals surface area (Å²) in [6.45, 7) is 0. The molecule has 2 N–H and O–H groups in total. The average molecular weight is 350 g/mol. The Morgan fingerprint density at radius 2 is 1.92 bits per heavy atom. The van der Waals surface area contributed by atoms with Gasteiger partial charge in [-0.05, 0) is 12.1 Å². The lowest BCUT2D eigenvalue weighted by Crippen LogP contribution is -1.93. The molecule has 0 aliphatic carbocycles. The minimum Gasteiger partial charge on any atom is -0.493 e. The van der Waals surface area contributed by atoms with E-state index in [-0.39, 0.29) is 0 Å². The summed E-state index contributed by atoms with van der Waals surface area (Å²) in [5.41, 5.74) is 4.37. The van der Waals surface area contributed by atoms with E-state index in [1.54, 1.807) is 20.4 Å². The van der Waals surface area contributed by atoms with Crippen LogP contribution >= 0.6 is 0 Å². The maximum atomic E-state index is 9.15. The van der Waals surface area contributed by atoms with Crippen molar-refractivity contribution >= 4 is 28.2 Å². The van der Waals surface area contributed by atoms with Gasteiger partial charge in [-0.15, -0.1) is 0 Å². The Labute approximate surface area is 149 Å². The fourth-order valence-electron chi connectivity index (χ4n) is 3.36. The maximum absolute atomic E-state index is 9.15. The third-order valence-corrected chi connectivity index (χ3v) is 4.60. The predicted octanol–water partition coefficient (Wildman–Crippen LogP) is 3.55. The normalized spacial score (nSPS) is 11.7. The van der Waals surface area contributed by atoms with Crippen molar-refractivity contribution in [3.05, 3.63) is 42.4 Å². The molecule has 26 heavy (non-hydrogen) atoms. The van der Waals surface area contributed by atoms with E-state index >= 15 is 0 Å². The molecule has 0 amide bonds. The number of benzene rings is 1. The summed E-state index contributed by atoms with van der Waals surface area (Å²) < 4.78 is 12.9. The van der Waals surface area contributed by atoms with Crippen LogP contribution in [0.15, 0.2) is 41.9 Å². The summed E-state index contributed by atoms with van der Waals surface area (Å²) in [5.74, 6) is 1.32. The highest BCUT2D eigenvalue weighted by atomic mass is 16.5. The summed E-state index contributed by atoms with van der Waals surface area (Å²) in [5, 5.41) is 14.3. The lowest BCUT2D eigenvalue weighted by atomic mass is 9.99. The van der Waals surface area contributed by atoms with Gasteiger partial charge in [0.15, 0.2) is 11.5 Å². The Bertz CT molecular complexity index is 1140. The van der Waals surface area contributed by atoms with Gasteiger partial charge in [-0.1, -0.05) is 5.16 Å². The third kappa shape index (κ3) is 2.28. The molecule has 0 radical (unpaired) electrons. The van der Waals surface area contributed by atoms with Crippen molar-refractivity contribution < 1.29 is 14.7 Å². The van der Waals surface area contributed by atoms with E-state index in [1.807, 2.05) is 42.2 Å². The zero-order valence-electron chi connectivity index (χ0n) is 14.6. The highest BCUT2D eigenvalue weighted by molar-refractivity contribution is 6.08. The minimum absolute atomic E-state index is 0.653. The largest absolute Gasteiger partial charge is 0.493 e. The molecule has 0 spiro atoms. The number of methoxy groups -OCH3 is 2. The number of nitrogens with zero attached hydrogens (tertiary/aromatic N) is 3. The fraction of sp³-hybridized carbons (Fsp3) is 0.158. The molecular weight excluding hydrogens is 332 g/mol. The van der Waals surface area contributed by atoms with Crippen molar-refractivity contribution in [3.63, 3.8) is 0 Å². The molecule has 1 aromatic carbocycles. The number of hydrogen-bond donors (Lipinski definition) is 2. The topological polar surface area (TPSA) is 84.7 Å². The van der Waals surface area contributed by atoms with Crippen LogP contribution in [0, 0.1) is 0 Å². The molecule has 0 bridgehead atoms. The van der Waals surface area contributed by atoms with Crippen molar-refractivity contribution in [1.29, 1.82) is 0 Å². The van der Waals surface area contributed by atoms with Gasteiger partial charge in [0.2, 0.25) is 0 Å². The second-order valence-corrected chi connectivity index (χ2v) is 5.95. The molecule has 4 rings (SSSR count). The van der Waals surface area contributed by atoms with Crippen molar-refractivity contribution in [1.82, 2.24) is 14.5 Å². The van der Waals surface area contributed by atoms with Crippen molar-refractivity contribution in [3.8, 4) is 22.6 Å². The summed E-state index contributed by atoms with van der Waals surface area (Å²) in [6, 6.07) is 5.81. The van der Waals surface area contributed by atoms with Crippen LogP contribution in [0.25, 0.3) is 33.1 Å². The molecule has 3 heterocycles. The number of nitrogens with one attached hydrogen (secondary N) is 1. The molecule has 0 aliphatic rings. The maximum Gasteiger partial charge on any atom is 0.162 e. The molecule has 4 aromatic rings. The van der Waals surface area contributed by atoms with Gasteiger partial charge in [-0.3, -0.25) is 0 Å². The number of aromatic nitrogens is 3. The number of oxime groups is 1. The van der Waals surface area contributed by atoms with Crippen LogP contribution in [0.5, 0.6) is 11.5 Å². The second kappa shape index (κ2) is 6.11. The average Bonchev–Trinajstić information content (AvgIpc) is 3.26. The molecule has 0 aliphatic heterocycles. The number of ether oxygens (including phenoxy) is 2. The zero-order valence-corrected chi connectivity index (χ0v) is 14.6. The molecule has 0 atom stereocenters. The quantitative estimate of drug-likeness (QED) is 0.335. The Morgan fingerprint density at radius 3 is 2.65 bits per heavy atom. The van der Waals surface area contributed by atoms with Gasteiger partial charge in [0.1, 0.15) is 5.65 Å². The number of fused-ring (bicyclic) bond motifs is 2. The molecule has 7 heteroatoms. The summed E-state index contributed by atoms with van der Waals surface area (Å²) in [7, 11) is 5.20. The first-order valence-corrected chi connectivity index (χ1v) is 8.03. The van der Waals surface area contributed by atoms with Crippen LogP contribution in [-0.2, 0) is 7.05 Å². The Morgan fingerprint density at radius 1 is 1.15 bits per heavy atom. The van der Waals surface area contributed by atoms with E-state index in [4.69, 9.17) is 14.7 Å². The molecule has 0 saturated carbocycles. The summed E-state index contributed by atoms with van der Waals surface area (Å²) in [4.78, 5) is 7.57. The van der Waals surface area contributed by atoms with E-state index < -0.39 is 0 Å². The fourth-order valence-corrected chi connectivity index (χ4v) is 3.36. The van der Waals surface area contributed by atoms with Crippen molar-refractivity contribution in [2.45, 2.75) is 0 Å². The second-order valence-electron chi connectivity index (χ2n) is 5.95. The molecule has 7 nitrogen and oxygen atoms in total. The Balaban J connectivity index is 2.06. The van der Waals surface area contributed by atoms with Crippen molar-refractivity contribution in [2.24, 2.45) is 12.2 Å². The summed E-state index contributed by atoms with van der Waals surface area (Å²) >= 11 is 0. The molecule has 0 unspecified atom stereocenters. The number of pyridine rings is 1. The minimum atomic E-state index is 0.653. The van der Waals surface area contributed by atoms with Crippen LogP contribution in [0.2, 0.25) is 0 Å². The number of rotatable bonds is 4. The van der Waals surface area contributed by atoms with E-state index in [1.165, 1.54) is 6.21 Å². The predicted molar refractivity (Wildman–Crippen MR) is 100 cm³/mol. The number of aryl methyl sites for hydroxylation is 1. The molecule has 132 valence electrons. The number of aromatic amines is 1. The monoisotopic (exact) mass is 350 g/mol. The highest BCUT2D eigenvalue weighted by Gasteiger charge is 2.17. The lowest BCUT2D eigenvalue weighted by molar-refractivity contribution is 0.322. The van der Waals surface area contributed by atoms with Crippen LogP contribution in [0.3, 0.4) is 0 Å². The van der Waals surface area contributed by atoms with E-state index in [0.717, 1.165) is 38.6 Å². The summed E-state index contributed by atoms with van der Waals surface area (Å²) in [6.07, 6.45) is 7.05. The van der Waals surface area contributed by atoms with Gasteiger partial charge in [0, 0.05) is 59.2 Å². The first-order valence-electron chi connectivity index (χ1n) is 8.03. The number of H-pyrrole nitrogens is 1. The molecule has 0 fully saturated rings. The third-order valence-electron chi connectivity index (χ3n) is 4.60. The first kappa shape index (κ1) is 16.0. The standard InChI is InChI=1S/C19H18N4O3/c1-23-10-15(12-6-17(25-2)18(26-3)7-16(12)23)13-8-21-19-11(4-5-20-19)14(13)9-22-24/h4-10,24H,1-3H3,(H,20,21). The lowest BCUT2D eigenvalue weighted by Gasteiger charge is -2.09. The molecule has 0 saturated heterocycles. The van der Waals surface area contributed by atoms with E-state index in [0.29, 0.717) is 11.5 Å². The van der Waals surface area contributed by atoms with E-state index in [9.17, 15) is 0 Å². The Hall–Kier alpha value is -3.48. The van der Waals surface area contributed by atoms with Crippen LogP contribution in [0.4, 0.5) is 0 Å².